The van der Waals surface area contributed by atoms with Crippen LogP contribution in [0.1, 0.15) is 6.92 Å². The minimum atomic E-state index is -3.57. The number of hydrogen-bond donors (Lipinski definition) is 1. The molecular formula is C11H13F2NO3. The minimum Gasteiger partial charge on any atom is -0.395 e. The van der Waals surface area contributed by atoms with Gasteiger partial charge >= 0.3 is 6.29 Å². The third-order valence-electron chi connectivity index (χ3n) is 2.23. The average molecular weight is 245 g/mol. The van der Waals surface area contributed by atoms with Crippen molar-refractivity contribution in [2.75, 3.05) is 19.0 Å². The molecule has 1 N–H and O–H groups in total. The largest absolute Gasteiger partial charge is 0.586 e. The number of methoxy groups -OCH3 is 1. The Morgan fingerprint density at radius 3 is 2.76 bits per heavy atom. The second-order valence-electron chi connectivity index (χ2n) is 3.83. The lowest BCUT2D eigenvalue weighted by molar-refractivity contribution is -0.286. The van der Waals surface area contributed by atoms with E-state index in [0.29, 0.717) is 12.3 Å². The zero-order valence-corrected chi connectivity index (χ0v) is 9.50. The minimum absolute atomic E-state index is 0.0321. The first-order valence-electron chi connectivity index (χ1n) is 5.15. The Labute approximate surface area is 97.5 Å². The maximum atomic E-state index is 12.8. The van der Waals surface area contributed by atoms with Crippen molar-refractivity contribution in [3.8, 4) is 11.5 Å². The van der Waals surface area contributed by atoms with Gasteiger partial charge in [0.15, 0.2) is 11.5 Å². The number of alkyl halides is 2. The second kappa shape index (κ2) is 4.37. The molecule has 1 aliphatic rings. The first kappa shape index (κ1) is 11.9. The van der Waals surface area contributed by atoms with Gasteiger partial charge in [0.2, 0.25) is 0 Å². The van der Waals surface area contributed by atoms with Gasteiger partial charge in [0.05, 0.1) is 6.61 Å². The van der Waals surface area contributed by atoms with Crippen LogP contribution in [0.2, 0.25) is 0 Å². The van der Waals surface area contributed by atoms with Gasteiger partial charge in [-0.05, 0) is 19.1 Å². The van der Waals surface area contributed by atoms with Gasteiger partial charge in [0.25, 0.3) is 0 Å². The van der Waals surface area contributed by atoms with Crippen molar-refractivity contribution in [2.24, 2.45) is 0 Å². The van der Waals surface area contributed by atoms with Gasteiger partial charge in [0, 0.05) is 24.9 Å². The molecule has 0 aromatic heterocycles. The van der Waals surface area contributed by atoms with Crippen molar-refractivity contribution in [1.82, 2.24) is 0 Å². The summed E-state index contributed by atoms with van der Waals surface area (Å²) in [6.45, 7) is 2.44. The van der Waals surface area contributed by atoms with Crippen LogP contribution in [0.5, 0.6) is 11.5 Å². The zero-order valence-electron chi connectivity index (χ0n) is 9.50. The van der Waals surface area contributed by atoms with Crippen LogP contribution in [0.4, 0.5) is 14.5 Å². The Morgan fingerprint density at radius 1 is 1.35 bits per heavy atom. The first-order valence-corrected chi connectivity index (χ1v) is 5.15. The SMILES string of the molecule is COCC(C)Nc1ccc2c(c1)OC(F)(F)O2. The molecule has 17 heavy (non-hydrogen) atoms. The highest BCUT2D eigenvalue weighted by molar-refractivity contribution is 5.56. The number of rotatable bonds is 4. The molecule has 0 aliphatic carbocycles. The van der Waals surface area contributed by atoms with Gasteiger partial charge in [0.1, 0.15) is 0 Å². The van der Waals surface area contributed by atoms with Crippen LogP contribution in [0.3, 0.4) is 0 Å². The molecule has 0 saturated carbocycles. The summed E-state index contributed by atoms with van der Waals surface area (Å²) >= 11 is 0. The van der Waals surface area contributed by atoms with Crippen LogP contribution < -0.4 is 14.8 Å². The van der Waals surface area contributed by atoms with Crippen LogP contribution >= 0.6 is 0 Å². The van der Waals surface area contributed by atoms with E-state index in [1.807, 2.05) is 6.92 Å². The van der Waals surface area contributed by atoms with E-state index >= 15 is 0 Å². The number of benzene rings is 1. The fourth-order valence-electron chi connectivity index (χ4n) is 1.61. The molecule has 0 spiro atoms. The van der Waals surface area contributed by atoms with Crippen molar-refractivity contribution in [3.63, 3.8) is 0 Å². The highest BCUT2D eigenvalue weighted by Crippen LogP contribution is 2.42. The molecule has 1 aromatic carbocycles. The van der Waals surface area contributed by atoms with E-state index < -0.39 is 6.29 Å². The van der Waals surface area contributed by atoms with E-state index in [1.54, 1.807) is 13.2 Å². The standard InChI is InChI=1S/C11H13F2NO3/c1-7(6-15-2)14-8-3-4-9-10(5-8)17-11(12,13)16-9/h3-5,7,14H,6H2,1-2H3. The van der Waals surface area contributed by atoms with Crippen LogP contribution in [0.25, 0.3) is 0 Å². The van der Waals surface area contributed by atoms with Crippen LogP contribution in [-0.4, -0.2) is 26.1 Å². The monoisotopic (exact) mass is 245 g/mol. The Morgan fingerprint density at radius 2 is 2.06 bits per heavy atom. The van der Waals surface area contributed by atoms with Crippen molar-refractivity contribution >= 4 is 5.69 Å². The van der Waals surface area contributed by atoms with Gasteiger partial charge in [-0.2, -0.15) is 0 Å². The molecule has 1 aliphatic heterocycles. The van der Waals surface area contributed by atoms with Gasteiger partial charge in [-0.15, -0.1) is 8.78 Å². The zero-order chi connectivity index (χ0) is 12.5. The Bertz CT molecular complexity index is 412. The molecule has 4 nitrogen and oxygen atoms in total. The molecule has 1 aromatic rings. The van der Waals surface area contributed by atoms with Crippen molar-refractivity contribution in [3.05, 3.63) is 18.2 Å². The number of nitrogens with one attached hydrogen (secondary N) is 1. The van der Waals surface area contributed by atoms with Gasteiger partial charge < -0.3 is 19.5 Å². The van der Waals surface area contributed by atoms with E-state index in [9.17, 15) is 8.78 Å². The lowest BCUT2D eigenvalue weighted by Crippen LogP contribution is -2.25. The fraction of sp³-hybridized carbons (Fsp3) is 0.455. The molecule has 1 heterocycles. The van der Waals surface area contributed by atoms with E-state index in [2.05, 4.69) is 14.8 Å². The Hall–Kier alpha value is -1.56. The maximum absolute atomic E-state index is 12.8. The maximum Gasteiger partial charge on any atom is 0.586 e. The number of ether oxygens (including phenoxy) is 3. The van der Waals surface area contributed by atoms with Crippen molar-refractivity contribution < 1.29 is 23.0 Å². The predicted octanol–water partition coefficient (Wildman–Crippen LogP) is 2.45. The second-order valence-corrected chi connectivity index (χ2v) is 3.83. The van der Waals surface area contributed by atoms with Crippen LogP contribution in [0, 0.1) is 0 Å². The third-order valence-corrected chi connectivity index (χ3v) is 2.23. The Balaban J connectivity index is 2.08. The van der Waals surface area contributed by atoms with Gasteiger partial charge in [-0.3, -0.25) is 0 Å². The summed E-state index contributed by atoms with van der Waals surface area (Å²) in [5, 5.41) is 3.09. The number of halogens is 2. The predicted molar refractivity (Wildman–Crippen MR) is 57.6 cm³/mol. The van der Waals surface area contributed by atoms with Crippen LogP contribution in [-0.2, 0) is 4.74 Å². The summed E-state index contributed by atoms with van der Waals surface area (Å²) in [5.74, 6) is 0.0737. The number of hydrogen-bond acceptors (Lipinski definition) is 4. The Kier molecular flexibility index (Phi) is 3.06. The lowest BCUT2D eigenvalue weighted by atomic mass is 10.2. The normalized spacial score (nSPS) is 17.9. The van der Waals surface area contributed by atoms with E-state index in [1.165, 1.54) is 12.1 Å². The molecule has 0 saturated heterocycles. The average Bonchev–Trinajstić information content (AvgIpc) is 2.51. The molecule has 0 amide bonds. The molecule has 1 unspecified atom stereocenters. The number of fused-ring (bicyclic) bond motifs is 1. The summed E-state index contributed by atoms with van der Waals surface area (Å²) in [6.07, 6.45) is -3.57. The highest BCUT2D eigenvalue weighted by Gasteiger charge is 2.43. The fourth-order valence-corrected chi connectivity index (χ4v) is 1.61. The lowest BCUT2D eigenvalue weighted by Gasteiger charge is -2.14. The molecular weight excluding hydrogens is 232 g/mol. The van der Waals surface area contributed by atoms with Gasteiger partial charge in [-0.25, -0.2) is 0 Å². The van der Waals surface area contributed by atoms with Crippen molar-refractivity contribution in [1.29, 1.82) is 0 Å². The molecule has 2 rings (SSSR count). The van der Waals surface area contributed by atoms with E-state index in [0.717, 1.165) is 0 Å². The smallest absolute Gasteiger partial charge is 0.395 e. The topological polar surface area (TPSA) is 39.7 Å². The van der Waals surface area contributed by atoms with E-state index in [-0.39, 0.29) is 17.5 Å². The molecule has 6 heteroatoms. The quantitative estimate of drug-likeness (QED) is 0.884. The summed E-state index contributed by atoms with van der Waals surface area (Å²) in [5.41, 5.74) is 0.676. The summed E-state index contributed by atoms with van der Waals surface area (Å²) < 4.78 is 39.1. The highest BCUT2D eigenvalue weighted by atomic mass is 19.3. The summed E-state index contributed by atoms with van der Waals surface area (Å²) in [4.78, 5) is 0. The van der Waals surface area contributed by atoms with Gasteiger partial charge in [-0.1, -0.05) is 0 Å². The molecule has 0 fully saturated rings. The molecule has 1 atom stereocenters. The molecule has 0 radical (unpaired) electrons. The number of anilines is 1. The van der Waals surface area contributed by atoms with E-state index in [4.69, 9.17) is 4.74 Å². The third kappa shape index (κ3) is 2.76. The summed E-state index contributed by atoms with van der Waals surface area (Å²) in [7, 11) is 1.60. The molecule has 94 valence electrons. The van der Waals surface area contributed by atoms with Crippen LogP contribution in [0.15, 0.2) is 18.2 Å². The molecule has 0 bridgehead atoms. The van der Waals surface area contributed by atoms with Crippen molar-refractivity contribution in [2.45, 2.75) is 19.3 Å². The first-order chi connectivity index (χ1) is 8.00. The summed E-state index contributed by atoms with van der Waals surface area (Å²) in [6, 6.07) is 4.64.